The van der Waals surface area contributed by atoms with Crippen LogP contribution in [-0.2, 0) is 11.2 Å². The summed E-state index contributed by atoms with van der Waals surface area (Å²) in [6, 6.07) is 1.79. The predicted molar refractivity (Wildman–Crippen MR) is 58.8 cm³/mol. The molecule has 1 N–H and O–H groups in total. The van der Waals surface area contributed by atoms with E-state index in [2.05, 4.69) is 0 Å². The van der Waals surface area contributed by atoms with E-state index in [4.69, 9.17) is 21.4 Å². The molecule has 82 valence electrons. The second-order valence-electron chi connectivity index (χ2n) is 3.40. The van der Waals surface area contributed by atoms with Crippen molar-refractivity contribution in [1.82, 2.24) is 0 Å². The van der Waals surface area contributed by atoms with Crippen molar-refractivity contribution in [3.8, 4) is 5.75 Å². The van der Waals surface area contributed by atoms with Gasteiger partial charge in [-0.3, -0.25) is 4.79 Å². The van der Waals surface area contributed by atoms with Gasteiger partial charge in [0.1, 0.15) is 5.75 Å². The molecule has 1 rings (SSSR count). The lowest BCUT2D eigenvalue weighted by Gasteiger charge is -2.13. The lowest BCUT2D eigenvalue weighted by atomic mass is 10.0. The minimum Gasteiger partial charge on any atom is -0.495 e. The van der Waals surface area contributed by atoms with Crippen LogP contribution in [0.4, 0.5) is 0 Å². The number of hydrogen-bond donors (Lipinski definition) is 1. The van der Waals surface area contributed by atoms with E-state index in [9.17, 15) is 4.79 Å². The van der Waals surface area contributed by atoms with Gasteiger partial charge in [0.2, 0.25) is 0 Å². The van der Waals surface area contributed by atoms with Gasteiger partial charge in [-0.05, 0) is 30.5 Å². The van der Waals surface area contributed by atoms with E-state index < -0.39 is 5.97 Å². The highest BCUT2D eigenvalue weighted by molar-refractivity contribution is 6.33. The zero-order valence-corrected chi connectivity index (χ0v) is 9.68. The average Bonchev–Trinajstić information content (AvgIpc) is 2.14. The smallest absolute Gasteiger partial charge is 0.307 e. The van der Waals surface area contributed by atoms with Crippen molar-refractivity contribution in [3.05, 3.63) is 27.8 Å². The minimum absolute atomic E-state index is 0.0137. The summed E-state index contributed by atoms with van der Waals surface area (Å²) in [5, 5.41) is 9.29. The van der Waals surface area contributed by atoms with Gasteiger partial charge >= 0.3 is 5.97 Å². The van der Waals surface area contributed by atoms with E-state index >= 15 is 0 Å². The molecule has 0 aromatic heterocycles. The van der Waals surface area contributed by atoms with Crippen molar-refractivity contribution < 1.29 is 14.6 Å². The highest BCUT2D eigenvalue weighted by atomic mass is 35.5. The van der Waals surface area contributed by atoms with Crippen LogP contribution in [-0.4, -0.2) is 18.2 Å². The molecular weight excluding hydrogens is 216 g/mol. The first kappa shape index (κ1) is 11.9. The van der Waals surface area contributed by atoms with Gasteiger partial charge < -0.3 is 9.84 Å². The molecule has 0 radical (unpaired) electrons. The Labute approximate surface area is 93.6 Å². The third kappa shape index (κ3) is 2.42. The number of benzene rings is 1. The Morgan fingerprint density at radius 2 is 2.13 bits per heavy atom. The fourth-order valence-electron chi connectivity index (χ4n) is 1.51. The SMILES string of the molecule is COc1c(C)c(CC(=O)O)cc(C)c1Cl. The standard InChI is InChI=1S/C11H13ClO3/c1-6-4-8(5-9(13)14)7(2)11(15-3)10(6)12/h4H,5H2,1-3H3,(H,13,14). The van der Waals surface area contributed by atoms with Gasteiger partial charge in [-0.15, -0.1) is 0 Å². The van der Waals surface area contributed by atoms with Gasteiger partial charge in [0.05, 0.1) is 18.6 Å². The summed E-state index contributed by atoms with van der Waals surface area (Å²) in [5.41, 5.74) is 2.35. The maximum atomic E-state index is 10.6. The predicted octanol–water partition coefficient (Wildman–Crippen LogP) is 2.59. The van der Waals surface area contributed by atoms with Gasteiger partial charge in [-0.2, -0.15) is 0 Å². The molecule has 1 aromatic rings. The Kier molecular flexibility index (Phi) is 3.58. The van der Waals surface area contributed by atoms with Crippen molar-refractivity contribution >= 4 is 17.6 Å². The molecule has 0 saturated heterocycles. The average molecular weight is 229 g/mol. The van der Waals surface area contributed by atoms with Gasteiger partial charge in [0, 0.05) is 0 Å². The number of aliphatic carboxylic acids is 1. The van der Waals surface area contributed by atoms with Gasteiger partial charge in [0.25, 0.3) is 0 Å². The van der Waals surface area contributed by atoms with Crippen LogP contribution in [0.25, 0.3) is 0 Å². The van der Waals surface area contributed by atoms with Crippen LogP contribution < -0.4 is 4.74 Å². The molecule has 0 aliphatic heterocycles. The highest BCUT2D eigenvalue weighted by Crippen LogP contribution is 2.33. The topological polar surface area (TPSA) is 46.5 Å². The lowest BCUT2D eigenvalue weighted by molar-refractivity contribution is -0.136. The van der Waals surface area contributed by atoms with Crippen molar-refractivity contribution in [2.75, 3.05) is 7.11 Å². The molecular formula is C11H13ClO3. The van der Waals surface area contributed by atoms with Gasteiger partial charge in [0.15, 0.2) is 0 Å². The molecule has 0 saturated carbocycles. The van der Waals surface area contributed by atoms with E-state index in [-0.39, 0.29) is 6.42 Å². The first-order valence-electron chi connectivity index (χ1n) is 4.51. The second-order valence-corrected chi connectivity index (χ2v) is 3.77. The second kappa shape index (κ2) is 4.53. The van der Waals surface area contributed by atoms with Crippen LogP contribution in [0.1, 0.15) is 16.7 Å². The molecule has 3 nitrogen and oxygen atoms in total. The summed E-state index contributed by atoms with van der Waals surface area (Å²) < 4.78 is 5.15. The summed E-state index contributed by atoms with van der Waals surface area (Å²) >= 11 is 6.03. The number of carbonyl (C=O) groups is 1. The number of methoxy groups -OCH3 is 1. The van der Waals surface area contributed by atoms with E-state index in [1.807, 2.05) is 13.8 Å². The quantitative estimate of drug-likeness (QED) is 0.865. The maximum Gasteiger partial charge on any atom is 0.307 e. The number of ether oxygens (including phenoxy) is 1. The molecule has 0 spiro atoms. The van der Waals surface area contributed by atoms with Crippen LogP contribution in [0.15, 0.2) is 6.07 Å². The number of rotatable bonds is 3. The largest absolute Gasteiger partial charge is 0.495 e. The molecule has 0 amide bonds. The number of halogens is 1. The Morgan fingerprint density at radius 3 is 2.60 bits per heavy atom. The molecule has 0 aliphatic carbocycles. The summed E-state index contributed by atoms with van der Waals surface area (Å²) in [6.45, 7) is 3.64. The molecule has 4 heteroatoms. The van der Waals surface area contributed by atoms with E-state index in [1.54, 1.807) is 6.07 Å². The molecule has 0 fully saturated rings. The van der Waals surface area contributed by atoms with Gasteiger partial charge in [-0.1, -0.05) is 17.7 Å². The van der Waals surface area contributed by atoms with Crippen LogP contribution in [0.3, 0.4) is 0 Å². The van der Waals surface area contributed by atoms with Crippen molar-refractivity contribution in [2.24, 2.45) is 0 Å². The van der Waals surface area contributed by atoms with Crippen LogP contribution in [0.5, 0.6) is 5.75 Å². The van der Waals surface area contributed by atoms with E-state index in [1.165, 1.54) is 7.11 Å². The van der Waals surface area contributed by atoms with Crippen molar-refractivity contribution in [1.29, 1.82) is 0 Å². The molecule has 15 heavy (non-hydrogen) atoms. The molecule has 0 heterocycles. The number of hydrogen-bond acceptors (Lipinski definition) is 2. The molecule has 0 aliphatic rings. The van der Waals surface area contributed by atoms with Crippen LogP contribution in [0.2, 0.25) is 5.02 Å². The summed E-state index contributed by atoms with van der Waals surface area (Å²) in [7, 11) is 1.53. The number of carboxylic acids is 1. The molecule has 0 bridgehead atoms. The summed E-state index contributed by atoms with van der Waals surface area (Å²) in [6.07, 6.45) is -0.0137. The molecule has 0 atom stereocenters. The first-order chi connectivity index (χ1) is 6.97. The Balaban J connectivity index is 3.30. The van der Waals surface area contributed by atoms with Crippen LogP contribution >= 0.6 is 11.6 Å². The Morgan fingerprint density at radius 1 is 1.53 bits per heavy atom. The maximum absolute atomic E-state index is 10.6. The third-order valence-electron chi connectivity index (χ3n) is 2.30. The van der Waals surface area contributed by atoms with Crippen molar-refractivity contribution in [3.63, 3.8) is 0 Å². The third-order valence-corrected chi connectivity index (χ3v) is 2.77. The number of aryl methyl sites for hydroxylation is 1. The fraction of sp³-hybridized carbons (Fsp3) is 0.364. The summed E-state index contributed by atoms with van der Waals surface area (Å²) in [4.78, 5) is 10.6. The minimum atomic E-state index is -0.859. The number of carboxylic acid groups (broad SMARTS) is 1. The summed E-state index contributed by atoms with van der Waals surface area (Å²) in [5.74, 6) is -0.296. The Hall–Kier alpha value is -1.22. The Bertz CT molecular complexity index is 399. The zero-order valence-electron chi connectivity index (χ0n) is 8.93. The molecule has 0 unspecified atom stereocenters. The first-order valence-corrected chi connectivity index (χ1v) is 4.89. The highest BCUT2D eigenvalue weighted by Gasteiger charge is 2.14. The lowest BCUT2D eigenvalue weighted by Crippen LogP contribution is -2.04. The normalized spacial score (nSPS) is 10.1. The van der Waals surface area contributed by atoms with E-state index in [0.717, 1.165) is 16.7 Å². The molecule has 1 aromatic carbocycles. The zero-order chi connectivity index (χ0) is 11.6. The fourth-order valence-corrected chi connectivity index (χ4v) is 1.79. The van der Waals surface area contributed by atoms with E-state index in [0.29, 0.717) is 10.8 Å². The van der Waals surface area contributed by atoms with Crippen LogP contribution in [0, 0.1) is 13.8 Å². The van der Waals surface area contributed by atoms with Crippen molar-refractivity contribution in [2.45, 2.75) is 20.3 Å². The monoisotopic (exact) mass is 228 g/mol. The van der Waals surface area contributed by atoms with Gasteiger partial charge in [-0.25, -0.2) is 0 Å².